The highest BCUT2D eigenvalue weighted by molar-refractivity contribution is 6.30. The second-order valence-electron chi connectivity index (χ2n) is 15.4. The molecule has 51 heavy (non-hydrogen) atoms. The van der Waals surface area contributed by atoms with Crippen LogP contribution in [-0.4, -0.2) is 9.97 Å². The molecule has 3 heteroatoms. The fraction of sp³-hybridized carbons (Fsp3) is 0.125. The van der Waals surface area contributed by atoms with E-state index in [2.05, 4.69) is 135 Å². The van der Waals surface area contributed by atoms with Crippen molar-refractivity contribution < 1.29 is 4.42 Å². The smallest absolute Gasteiger partial charge is 0.136 e. The fourth-order valence-electron chi connectivity index (χ4n) is 9.50. The summed E-state index contributed by atoms with van der Waals surface area (Å²) in [7, 11) is 0. The first kappa shape index (κ1) is 28.7. The molecule has 242 valence electrons. The van der Waals surface area contributed by atoms with Crippen LogP contribution in [0.1, 0.15) is 49.9 Å². The first-order valence-corrected chi connectivity index (χ1v) is 17.8. The van der Waals surface area contributed by atoms with Crippen LogP contribution in [0.3, 0.4) is 0 Å². The van der Waals surface area contributed by atoms with Crippen LogP contribution in [0.4, 0.5) is 0 Å². The number of hydrogen-bond acceptors (Lipinski definition) is 3. The summed E-state index contributed by atoms with van der Waals surface area (Å²) in [5.41, 5.74) is 16.6. The molecule has 0 amide bonds. The number of nitrogens with zero attached hydrogens (tertiary/aromatic N) is 2. The highest BCUT2D eigenvalue weighted by Crippen LogP contribution is 2.55. The summed E-state index contributed by atoms with van der Waals surface area (Å²) in [6.45, 7) is 9.44. The summed E-state index contributed by atoms with van der Waals surface area (Å²) in [5, 5.41) is 7.17. The molecule has 0 fully saturated rings. The number of hydrogen-bond donors (Lipinski definition) is 0. The van der Waals surface area contributed by atoms with Crippen LogP contribution >= 0.6 is 0 Å². The minimum Gasteiger partial charge on any atom is -0.456 e. The Morgan fingerprint density at radius 2 is 0.863 bits per heavy atom. The van der Waals surface area contributed by atoms with Crippen molar-refractivity contribution in [2.24, 2.45) is 0 Å². The Morgan fingerprint density at radius 3 is 1.29 bits per heavy atom. The number of fused-ring (bicyclic) bond motifs is 13. The van der Waals surface area contributed by atoms with Gasteiger partial charge in [-0.05, 0) is 126 Å². The minimum absolute atomic E-state index is 0.136. The maximum atomic E-state index is 7.02. The van der Waals surface area contributed by atoms with Crippen molar-refractivity contribution in [3.8, 4) is 44.5 Å². The Kier molecular flexibility index (Phi) is 5.52. The lowest BCUT2D eigenvalue weighted by Crippen LogP contribution is -2.14. The van der Waals surface area contributed by atoms with Crippen LogP contribution in [0.25, 0.3) is 88.0 Å². The van der Waals surface area contributed by atoms with Crippen molar-refractivity contribution in [1.82, 2.24) is 9.97 Å². The Bertz CT molecular complexity index is 2750. The molecule has 3 aromatic heterocycles. The van der Waals surface area contributed by atoms with Gasteiger partial charge in [-0.1, -0.05) is 88.4 Å². The van der Waals surface area contributed by atoms with Crippen LogP contribution in [0.2, 0.25) is 0 Å². The molecule has 3 heterocycles. The molecular formula is C48H34N2O. The normalized spacial score (nSPS) is 15.0. The largest absolute Gasteiger partial charge is 0.456 e. The monoisotopic (exact) mass is 654 g/mol. The molecular weight excluding hydrogens is 621 g/mol. The van der Waals surface area contributed by atoms with Crippen molar-refractivity contribution in [2.75, 3.05) is 0 Å². The quantitative estimate of drug-likeness (QED) is 0.186. The molecule has 0 bridgehead atoms. The van der Waals surface area contributed by atoms with Gasteiger partial charge in [-0.25, -0.2) is 0 Å². The molecule has 0 spiro atoms. The zero-order valence-electron chi connectivity index (χ0n) is 29.0. The van der Waals surface area contributed by atoms with Gasteiger partial charge in [0.2, 0.25) is 0 Å². The molecule has 11 rings (SSSR count). The van der Waals surface area contributed by atoms with E-state index in [0.29, 0.717) is 0 Å². The molecule has 9 aromatic rings. The van der Waals surface area contributed by atoms with Crippen molar-refractivity contribution in [3.05, 3.63) is 156 Å². The molecule has 0 saturated heterocycles. The summed E-state index contributed by atoms with van der Waals surface area (Å²) >= 11 is 0. The van der Waals surface area contributed by atoms with Gasteiger partial charge in [0.1, 0.15) is 11.2 Å². The van der Waals surface area contributed by atoms with Crippen molar-refractivity contribution in [3.63, 3.8) is 0 Å². The summed E-state index contributed by atoms with van der Waals surface area (Å²) < 4.78 is 7.02. The van der Waals surface area contributed by atoms with E-state index in [9.17, 15) is 0 Å². The molecule has 2 aliphatic rings. The Morgan fingerprint density at radius 1 is 0.412 bits per heavy atom. The predicted molar refractivity (Wildman–Crippen MR) is 210 cm³/mol. The molecule has 6 aromatic carbocycles. The molecule has 3 nitrogen and oxygen atoms in total. The zero-order valence-corrected chi connectivity index (χ0v) is 29.0. The third kappa shape index (κ3) is 3.73. The molecule has 0 atom stereocenters. The van der Waals surface area contributed by atoms with E-state index in [4.69, 9.17) is 4.42 Å². The third-order valence-corrected chi connectivity index (χ3v) is 12.0. The average Bonchev–Trinajstić information content (AvgIpc) is 3.73. The van der Waals surface area contributed by atoms with E-state index < -0.39 is 0 Å². The standard InChI is InChI=1S/C48H34N2O/c1-47(2)39-15-7-5-13-29(39)35-19-33-31(27-11-9-17-49-25-27)23-43-45(37(33)21-41(35)47)46-38-22-42-36(30-14-6-8-16-40(30)48(42,3)4)20-34(38)32(24-44(46)51-43)28-12-10-18-50-26-28/h5-26H,1-4H3. The Labute approximate surface area is 296 Å². The van der Waals surface area contributed by atoms with Crippen LogP contribution in [0.15, 0.2) is 138 Å². The van der Waals surface area contributed by atoms with Gasteiger partial charge < -0.3 is 4.42 Å². The number of furan rings is 1. The Balaban J connectivity index is 1.33. The second-order valence-corrected chi connectivity index (χ2v) is 15.4. The van der Waals surface area contributed by atoms with Crippen LogP contribution in [0.5, 0.6) is 0 Å². The van der Waals surface area contributed by atoms with Gasteiger partial charge in [-0.2, -0.15) is 0 Å². The molecule has 0 aliphatic heterocycles. The van der Waals surface area contributed by atoms with Gasteiger partial charge in [-0.15, -0.1) is 0 Å². The molecule has 0 unspecified atom stereocenters. The van der Waals surface area contributed by atoms with Gasteiger partial charge in [0.15, 0.2) is 0 Å². The van der Waals surface area contributed by atoms with E-state index in [1.54, 1.807) is 0 Å². The molecule has 0 saturated carbocycles. The van der Waals surface area contributed by atoms with Gasteiger partial charge in [0.25, 0.3) is 0 Å². The van der Waals surface area contributed by atoms with Gasteiger partial charge in [0.05, 0.1) is 0 Å². The number of rotatable bonds is 2. The van der Waals surface area contributed by atoms with E-state index in [1.165, 1.54) is 76.8 Å². The number of benzene rings is 6. The van der Waals surface area contributed by atoms with Crippen molar-refractivity contribution in [1.29, 1.82) is 0 Å². The zero-order chi connectivity index (χ0) is 34.2. The highest BCUT2D eigenvalue weighted by Gasteiger charge is 2.38. The maximum Gasteiger partial charge on any atom is 0.136 e. The van der Waals surface area contributed by atoms with Gasteiger partial charge >= 0.3 is 0 Å². The SMILES string of the molecule is CC1(C)c2ccccc2-c2cc3c(-c4cccnc4)cc4oc5cc(-c6cccnc6)c6cc7c(cc6c5c4c3cc21)C(C)(C)c1ccccc1-7. The first-order chi connectivity index (χ1) is 24.8. The lowest BCUT2D eigenvalue weighted by molar-refractivity contribution is 0.661. The summed E-state index contributed by atoms with van der Waals surface area (Å²) in [5.74, 6) is 0. The average molecular weight is 655 g/mol. The van der Waals surface area contributed by atoms with Crippen LogP contribution in [-0.2, 0) is 10.8 Å². The predicted octanol–water partition coefficient (Wildman–Crippen LogP) is 12.6. The molecule has 2 aliphatic carbocycles. The topological polar surface area (TPSA) is 38.9 Å². The van der Waals surface area contributed by atoms with E-state index in [-0.39, 0.29) is 10.8 Å². The molecule has 0 radical (unpaired) electrons. The van der Waals surface area contributed by atoms with E-state index >= 15 is 0 Å². The van der Waals surface area contributed by atoms with Crippen molar-refractivity contribution in [2.45, 2.75) is 38.5 Å². The minimum atomic E-state index is -0.136. The van der Waals surface area contributed by atoms with Gasteiger partial charge in [-0.3, -0.25) is 9.97 Å². The van der Waals surface area contributed by atoms with E-state index in [0.717, 1.165) is 33.4 Å². The van der Waals surface area contributed by atoms with Crippen LogP contribution < -0.4 is 0 Å². The third-order valence-electron chi connectivity index (χ3n) is 12.0. The highest BCUT2D eigenvalue weighted by atomic mass is 16.3. The van der Waals surface area contributed by atoms with Crippen molar-refractivity contribution >= 4 is 43.5 Å². The molecule has 0 N–H and O–H groups in total. The lowest BCUT2D eigenvalue weighted by Gasteiger charge is -2.22. The summed E-state index contributed by atoms with van der Waals surface area (Å²) in [6.07, 6.45) is 7.61. The van der Waals surface area contributed by atoms with Crippen LogP contribution in [0, 0.1) is 0 Å². The summed E-state index contributed by atoms with van der Waals surface area (Å²) in [6, 6.07) is 40.4. The number of aromatic nitrogens is 2. The lowest BCUT2D eigenvalue weighted by atomic mass is 9.80. The number of pyridine rings is 2. The second kappa shape index (κ2) is 9.80. The first-order valence-electron chi connectivity index (χ1n) is 17.8. The van der Waals surface area contributed by atoms with E-state index in [1.807, 2.05) is 36.9 Å². The Hall–Kier alpha value is -6.06. The van der Waals surface area contributed by atoms with Gasteiger partial charge in [0, 0.05) is 57.5 Å². The fourth-order valence-corrected chi connectivity index (χ4v) is 9.50. The maximum absolute atomic E-state index is 7.02. The summed E-state index contributed by atoms with van der Waals surface area (Å²) in [4.78, 5) is 9.07.